The van der Waals surface area contributed by atoms with E-state index in [1.807, 2.05) is 19.1 Å². The van der Waals surface area contributed by atoms with Crippen molar-refractivity contribution < 1.29 is 14.3 Å². The standard InChI is InChI=1S/C24H31N3O3/c1-2-30-22-12-10-19(11-13-22)24(29)26-17-23(28)25-16-20-8-4-5-9-21(20)18-27-14-6-3-7-15-27/h4-5,8-13H,2-3,6-7,14-18H2,1H3,(H,25,28)(H,26,29). The summed E-state index contributed by atoms with van der Waals surface area (Å²) in [5, 5.41) is 5.58. The summed E-state index contributed by atoms with van der Waals surface area (Å²) in [4.78, 5) is 26.9. The number of hydrogen-bond donors (Lipinski definition) is 2. The third-order valence-electron chi connectivity index (χ3n) is 5.27. The van der Waals surface area contributed by atoms with Crippen LogP contribution < -0.4 is 15.4 Å². The molecule has 0 aliphatic carbocycles. The van der Waals surface area contributed by atoms with Gasteiger partial charge in [-0.15, -0.1) is 0 Å². The van der Waals surface area contributed by atoms with Gasteiger partial charge in [0, 0.05) is 18.7 Å². The van der Waals surface area contributed by atoms with Gasteiger partial charge in [0.15, 0.2) is 0 Å². The van der Waals surface area contributed by atoms with Crippen LogP contribution in [0.3, 0.4) is 0 Å². The maximum Gasteiger partial charge on any atom is 0.251 e. The Balaban J connectivity index is 1.46. The second kappa shape index (κ2) is 11.4. The van der Waals surface area contributed by atoms with Crippen LogP contribution in [0, 0.1) is 0 Å². The molecule has 0 aromatic heterocycles. The van der Waals surface area contributed by atoms with Gasteiger partial charge in [-0.1, -0.05) is 30.7 Å². The van der Waals surface area contributed by atoms with Crippen LogP contribution in [-0.2, 0) is 17.9 Å². The SMILES string of the molecule is CCOc1ccc(C(=O)NCC(=O)NCc2ccccc2CN2CCCCC2)cc1. The van der Waals surface area contributed by atoms with Crippen molar-refractivity contribution in [1.82, 2.24) is 15.5 Å². The minimum Gasteiger partial charge on any atom is -0.494 e. The summed E-state index contributed by atoms with van der Waals surface area (Å²) in [5.74, 6) is 0.232. The van der Waals surface area contributed by atoms with Crippen molar-refractivity contribution in [3.05, 3.63) is 65.2 Å². The molecule has 0 spiro atoms. The lowest BCUT2D eigenvalue weighted by molar-refractivity contribution is -0.120. The zero-order valence-electron chi connectivity index (χ0n) is 17.7. The number of benzene rings is 2. The Kier molecular flexibility index (Phi) is 8.27. The van der Waals surface area contributed by atoms with E-state index in [2.05, 4.69) is 27.7 Å². The highest BCUT2D eigenvalue weighted by atomic mass is 16.5. The van der Waals surface area contributed by atoms with Crippen molar-refractivity contribution >= 4 is 11.8 Å². The quantitative estimate of drug-likeness (QED) is 0.668. The number of rotatable bonds is 9. The molecule has 0 atom stereocenters. The van der Waals surface area contributed by atoms with Gasteiger partial charge in [0.1, 0.15) is 5.75 Å². The molecule has 2 N–H and O–H groups in total. The fourth-order valence-corrected chi connectivity index (χ4v) is 3.63. The fraction of sp³-hybridized carbons (Fsp3) is 0.417. The monoisotopic (exact) mass is 409 g/mol. The van der Waals surface area contributed by atoms with Crippen LogP contribution in [-0.4, -0.2) is 43.0 Å². The predicted molar refractivity (Wildman–Crippen MR) is 117 cm³/mol. The minimum atomic E-state index is -0.279. The first kappa shape index (κ1) is 21.8. The Hall–Kier alpha value is -2.86. The van der Waals surface area contributed by atoms with Crippen molar-refractivity contribution in [1.29, 1.82) is 0 Å². The van der Waals surface area contributed by atoms with Crippen LogP contribution in [0.4, 0.5) is 0 Å². The Morgan fingerprint density at radius 2 is 1.63 bits per heavy atom. The Morgan fingerprint density at radius 3 is 2.33 bits per heavy atom. The van der Waals surface area contributed by atoms with E-state index in [0.717, 1.165) is 30.9 Å². The topological polar surface area (TPSA) is 70.7 Å². The Morgan fingerprint density at radius 1 is 0.933 bits per heavy atom. The number of nitrogens with zero attached hydrogens (tertiary/aromatic N) is 1. The van der Waals surface area contributed by atoms with Gasteiger partial charge in [0.25, 0.3) is 5.91 Å². The van der Waals surface area contributed by atoms with Crippen molar-refractivity contribution in [2.75, 3.05) is 26.2 Å². The zero-order valence-corrected chi connectivity index (χ0v) is 17.7. The molecule has 2 amide bonds. The normalized spacial score (nSPS) is 14.2. The largest absolute Gasteiger partial charge is 0.494 e. The molecule has 3 rings (SSSR count). The number of ether oxygens (including phenoxy) is 1. The predicted octanol–water partition coefficient (Wildman–Crippen LogP) is 3.12. The summed E-state index contributed by atoms with van der Waals surface area (Å²) in [5.41, 5.74) is 2.87. The molecule has 0 radical (unpaired) electrons. The van der Waals surface area contributed by atoms with E-state index < -0.39 is 0 Å². The van der Waals surface area contributed by atoms with Crippen LogP contribution >= 0.6 is 0 Å². The molecule has 1 heterocycles. The van der Waals surface area contributed by atoms with E-state index in [1.165, 1.54) is 24.8 Å². The van der Waals surface area contributed by atoms with Gasteiger partial charge in [0.2, 0.25) is 5.91 Å². The van der Waals surface area contributed by atoms with Crippen LogP contribution in [0.2, 0.25) is 0 Å². The Bertz CT molecular complexity index is 830. The second-order valence-corrected chi connectivity index (χ2v) is 7.52. The lowest BCUT2D eigenvalue weighted by Gasteiger charge is -2.27. The second-order valence-electron chi connectivity index (χ2n) is 7.52. The molecule has 0 unspecified atom stereocenters. The molecule has 1 saturated heterocycles. The summed E-state index contributed by atoms with van der Waals surface area (Å²) >= 11 is 0. The van der Waals surface area contributed by atoms with Gasteiger partial charge in [-0.25, -0.2) is 0 Å². The van der Waals surface area contributed by atoms with E-state index in [0.29, 0.717) is 18.7 Å². The van der Waals surface area contributed by atoms with Crippen LogP contribution in [0.15, 0.2) is 48.5 Å². The van der Waals surface area contributed by atoms with Gasteiger partial charge in [-0.3, -0.25) is 14.5 Å². The Labute approximate surface area is 178 Å². The molecular weight excluding hydrogens is 378 g/mol. The van der Waals surface area contributed by atoms with E-state index in [1.54, 1.807) is 24.3 Å². The molecule has 160 valence electrons. The summed E-state index contributed by atoms with van der Waals surface area (Å²) in [6.45, 7) is 6.08. The lowest BCUT2D eigenvalue weighted by Crippen LogP contribution is -2.37. The van der Waals surface area contributed by atoms with Crippen molar-refractivity contribution in [3.63, 3.8) is 0 Å². The molecule has 6 heteroatoms. The summed E-state index contributed by atoms with van der Waals surface area (Å²) in [6.07, 6.45) is 3.83. The number of carbonyl (C=O) groups excluding carboxylic acids is 2. The summed E-state index contributed by atoms with van der Waals surface area (Å²) < 4.78 is 5.37. The van der Waals surface area contributed by atoms with E-state index >= 15 is 0 Å². The van der Waals surface area contributed by atoms with E-state index in [-0.39, 0.29) is 18.4 Å². The maximum absolute atomic E-state index is 12.2. The van der Waals surface area contributed by atoms with Crippen molar-refractivity contribution in [2.45, 2.75) is 39.3 Å². The zero-order chi connectivity index (χ0) is 21.2. The highest BCUT2D eigenvalue weighted by Gasteiger charge is 2.13. The smallest absolute Gasteiger partial charge is 0.251 e. The van der Waals surface area contributed by atoms with E-state index in [9.17, 15) is 9.59 Å². The molecule has 0 saturated carbocycles. The van der Waals surface area contributed by atoms with Crippen LogP contribution in [0.25, 0.3) is 0 Å². The van der Waals surface area contributed by atoms with Gasteiger partial charge in [0.05, 0.1) is 13.2 Å². The molecule has 2 aromatic rings. The minimum absolute atomic E-state index is 0.0552. The third-order valence-corrected chi connectivity index (χ3v) is 5.27. The van der Waals surface area contributed by atoms with Crippen molar-refractivity contribution in [3.8, 4) is 5.75 Å². The van der Waals surface area contributed by atoms with Crippen LogP contribution in [0.1, 0.15) is 47.7 Å². The average Bonchev–Trinajstić information content (AvgIpc) is 2.78. The molecule has 0 bridgehead atoms. The van der Waals surface area contributed by atoms with Crippen molar-refractivity contribution in [2.24, 2.45) is 0 Å². The highest BCUT2D eigenvalue weighted by Crippen LogP contribution is 2.16. The maximum atomic E-state index is 12.2. The summed E-state index contributed by atoms with van der Waals surface area (Å²) in [6, 6.07) is 15.1. The number of amides is 2. The third kappa shape index (κ3) is 6.59. The molecule has 6 nitrogen and oxygen atoms in total. The van der Waals surface area contributed by atoms with Gasteiger partial charge in [-0.05, 0) is 68.2 Å². The molecule has 1 aliphatic heterocycles. The molecule has 2 aromatic carbocycles. The molecular formula is C24H31N3O3. The van der Waals surface area contributed by atoms with Gasteiger partial charge in [-0.2, -0.15) is 0 Å². The average molecular weight is 410 g/mol. The first-order valence-electron chi connectivity index (χ1n) is 10.7. The van der Waals surface area contributed by atoms with Crippen LogP contribution in [0.5, 0.6) is 5.75 Å². The molecule has 1 fully saturated rings. The molecule has 30 heavy (non-hydrogen) atoms. The van der Waals surface area contributed by atoms with Gasteiger partial charge >= 0.3 is 0 Å². The van der Waals surface area contributed by atoms with E-state index in [4.69, 9.17) is 4.74 Å². The number of hydrogen-bond acceptors (Lipinski definition) is 4. The first-order valence-corrected chi connectivity index (χ1v) is 10.7. The van der Waals surface area contributed by atoms with Gasteiger partial charge < -0.3 is 15.4 Å². The number of likely N-dealkylation sites (tertiary alicyclic amines) is 1. The molecule has 1 aliphatic rings. The highest BCUT2D eigenvalue weighted by molar-refractivity contribution is 5.96. The summed E-state index contributed by atoms with van der Waals surface area (Å²) in [7, 11) is 0. The lowest BCUT2D eigenvalue weighted by atomic mass is 10.0. The fourth-order valence-electron chi connectivity index (χ4n) is 3.63. The number of piperidine rings is 1. The number of nitrogens with one attached hydrogen (secondary N) is 2. The number of carbonyl (C=O) groups is 2. The first-order chi connectivity index (χ1) is 14.7.